The van der Waals surface area contributed by atoms with Gasteiger partial charge in [-0.1, -0.05) is 12.8 Å². The molecule has 4 heteroatoms. The van der Waals surface area contributed by atoms with Crippen molar-refractivity contribution >= 4 is 5.91 Å². The molecule has 1 heterocycles. The number of hydrogen-bond acceptors (Lipinski definition) is 3. The Balaban J connectivity index is 1.62. The maximum Gasteiger partial charge on any atom is 0.251 e. The van der Waals surface area contributed by atoms with Crippen LogP contribution in [0.2, 0.25) is 0 Å². The van der Waals surface area contributed by atoms with Crippen molar-refractivity contribution < 1.29 is 14.3 Å². The zero-order valence-electron chi connectivity index (χ0n) is 11.0. The fourth-order valence-corrected chi connectivity index (χ4v) is 2.74. The Morgan fingerprint density at radius 1 is 1.16 bits per heavy atom. The lowest BCUT2D eigenvalue weighted by molar-refractivity contribution is 0.0946. The van der Waals surface area contributed by atoms with E-state index in [9.17, 15) is 4.79 Å². The third-order valence-corrected chi connectivity index (χ3v) is 3.83. The minimum absolute atomic E-state index is 0.0242. The predicted octanol–water partition coefficient (Wildman–Crippen LogP) is 2.38. The van der Waals surface area contributed by atoms with Gasteiger partial charge in [0.15, 0.2) is 11.5 Å². The minimum Gasteiger partial charge on any atom is -0.486 e. The standard InChI is InChI=1S/C15H19NO3/c17-15(16-10-11-3-1-2-4-11)12-5-6-13-14(9-12)19-8-7-18-13/h5-6,9,11H,1-4,7-8,10H2,(H,16,17). The lowest BCUT2D eigenvalue weighted by atomic mass is 10.1. The van der Waals surface area contributed by atoms with Crippen molar-refractivity contribution in [1.29, 1.82) is 0 Å². The molecule has 1 aromatic carbocycles. The fourth-order valence-electron chi connectivity index (χ4n) is 2.74. The van der Waals surface area contributed by atoms with Gasteiger partial charge >= 0.3 is 0 Å². The lowest BCUT2D eigenvalue weighted by Crippen LogP contribution is -2.28. The van der Waals surface area contributed by atoms with Gasteiger partial charge in [-0.15, -0.1) is 0 Å². The van der Waals surface area contributed by atoms with Gasteiger partial charge in [-0.05, 0) is 37.0 Å². The van der Waals surface area contributed by atoms with Crippen LogP contribution in [-0.4, -0.2) is 25.7 Å². The largest absolute Gasteiger partial charge is 0.486 e. The maximum atomic E-state index is 12.1. The number of benzene rings is 1. The summed E-state index contributed by atoms with van der Waals surface area (Å²) in [6.07, 6.45) is 5.07. The molecule has 1 fully saturated rings. The molecule has 0 saturated heterocycles. The first-order valence-electron chi connectivity index (χ1n) is 7.01. The molecule has 0 spiro atoms. The zero-order chi connectivity index (χ0) is 13.1. The fraction of sp³-hybridized carbons (Fsp3) is 0.533. The number of fused-ring (bicyclic) bond motifs is 1. The van der Waals surface area contributed by atoms with E-state index in [-0.39, 0.29) is 5.91 Å². The summed E-state index contributed by atoms with van der Waals surface area (Å²) in [5.41, 5.74) is 0.641. The summed E-state index contributed by atoms with van der Waals surface area (Å²) in [5.74, 6) is 2.02. The van der Waals surface area contributed by atoms with E-state index in [0.29, 0.717) is 30.4 Å². The molecule has 0 aromatic heterocycles. The van der Waals surface area contributed by atoms with Crippen LogP contribution in [-0.2, 0) is 0 Å². The van der Waals surface area contributed by atoms with Gasteiger partial charge in [-0.3, -0.25) is 4.79 Å². The van der Waals surface area contributed by atoms with E-state index in [1.54, 1.807) is 18.2 Å². The third-order valence-electron chi connectivity index (χ3n) is 3.83. The number of hydrogen-bond donors (Lipinski definition) is 1. The highest BCUT2D eigenvalue weighted by atomic mass is 16.6. The van der Waals surface area contributed by atoms with Crippen LogP contribution in [0.25, 0.3) is 0 Å². The van der Waals surface area contributed by atoms with Crippen LogP contribution in [0.1, 0.15) is 36.0 Å². The van der Waals surface area contributed by atoms with E-state index in [0.717, 1.165) is 12.3 Å². The van der Waals surface area contributed by atoms with E-state index >= 15 is 0 Å². The molecule has 1 aliphatic heterocycles. The van der Waals surface area contributed by atoms with Crippen LogP contribution in [0.3, 0.4) is 0 Å². The average molecular weight is 261 g/mol. The topological polar surface area (TPSA) is 47.6 Å². The van der Waals surface area contributed by atoms with Gasteiger partial charge in [0.1, 0.15) is 13.2 Å². The average Bonchev–Trinajstić information content (AvgIpc) is 2.97. The number of nitrogens with one attached hydrogen (secondary N) is 1. The Morgan fingerprint density at radius 3 is 2.68 bits per heavy atom. The van der Waals surface area contributed by atoms with Crippen LogP contribution < -0.4 is 14.8 Å². The Morgan fingerprint density at radius 2 is 1.89 bits per heavy atom. The van der Waals surface area contributed by atoms with E-state index in [1.165, 1.54) is 25.7 Å². The van der Waals surface area contributed by atoms with Crippen LogP contribution >= 0.6 is 0 Å². The highest BCUT2D eigenvalue weighted by Gasteiger charge is 2.18. The highest BCUT2D eigenvalue weighted by molar-refractivity contribution is 5.94. The molecular weight excluding hydrogens is 242 g/mol. The summed E-state index contributed by atoms with van der Waals surface area (Å²) in [6.45, 7) is 1.90. The molecule has 3 rings (SSSR count). The number of amides is 1. The molecular formula is C15H19NO3. The van der Waals surface area contributed by atoms with Gasteiger partial charge in [0.2, 0.25) is 0 Å². The normalized spacial score (nSPS) is 18.3. The van der Waals surface area contributed by atoms with Gasteiger partial charge in [-0.25, -0.2) is 0 Å². The van der Waals surface area contributed by atoms with Gasteiger partial charge in [0.05, 0.1) is 0 Å². The predicted molar refractivity (Wildman–Crippen MR) is 71.7 cm³/mol. The summed E-state index contributed by atoms with van der Waals surface area (Å²) >= 11 is 0. The Labute approximate surface area is 113 Å². The number of rotatable bonds is 3. The minimum atomic E-state index is -0.0242. The summed E-state index contributed by atoms with van der Waals surface area (Å²) in [6, 6.07) is 5.36. The number of ether oxygens (including phenoxy) is 2. The molecule has 1 aromatic rings. The molecule has 0 bridgehead atoms. The highest BCUT2D eigenvalue weighted by Crippen LogP contribution is 2.30. The molecule has 0 atom stereocenters. The van der Waals surface area contributed by atoms with Crippen LogP contribution in [0.4, 0.5) is 0 Å². The van der Waals surface area contributed by atoms with Crippen LogP contribution in [0.15, 0.2) is 18.2 Å². The van der Waals surface area contributed by atoms with Crippen molar-refractivity contribution in [3.8, 4) is 11.5 Å². The number of carbonyl (C=O) groups is 1. The second-order valence-electron chi connectivity index (χ2n) is 5.22. The van der Waals surface area contributed by atoms with Crippen molar-refractivity contribution in [2.24, 2.45) is 5.92 Å². The van der Waals surface area contributed by atoms with Crippen molar-refractivity contribution in [1.82, 2.24) is 5.32 Å². The molecule has 0 radical (unpaired) electrons. The summed E-state index contributed by atoms with van der Waals surface area (Å²) < 4.78 is 10.9. The molecule has 1 N–H and O–H groups in total. The van der Waals surface area contributed by atoms with Crippen LogP contribution in [0.5, 0.6) is 11.5 Å². The van der Waals surface area contributed by atoms with Crippen LogP contribution in [0, 0.1) is 5.92 Å². The molecule has 1 aliphatic carbocycles. The smallest absolute Gasteiger partial charge is 0.251 e. The quantitative estimate of drug-likeness (QED) is 0.908. The monoisotopic (exact) mass is 261 g/mol. The Hall–Kier alpha value is -1.71. The second-order valence-corrected chi connectivity index (χ2v) is 5.22. The third kappa shape index (κ3) is 2.83. The Bertz CT molecular complexity index is 466. The van der Waals surface area contributed by atoms with E-state index in [2.05, 4.69) is 5.32 Å². The second kappa shape index (κ2) is 5.51. The van der Waals surface area contributed by atoms with Crippen molar-refractivity contribution in [2.75, 3.05) is 19.8 Å². The molecule has 1 amide bonds. The van der Waals surface area contributed by atoms with Gasteiger partial charge < -0.3 is 14.8 Å². The van der Waals surface area contributed by atoms with Gasteiger partial charge in [-0.2, -0.15) is 0 Å². The summed E-state index contributed by atoms with van der Waals surface area (Å²) in [4.78, 5) is 12.1. The zero-order valence-corrected chi connectivity index (χ0v) is 11.0. The first-order valence-corrected chi connectivity index (χ1v) is 7.01. The molecule has 4 nitrogen and oxygen atoms in total. The molecule has 0 unspecified atom stereocenters. The molecule has 1 saturated carbocycles. The van der Waals surface area contributed by atoms with E-state index in [1.807, 2.05) is 0 Å². The van der Waals surface area contributed by atoms with Gasteiger partial charge in [0, 0.05) is 12.1 Å². The van der Waals surface area contributed by atoms with Crippen molar-refractivity contribution in [2.45, 2.75) is 25.7 Å². The maximum absolute atomic E-state index is 12.1. The van der Waals surface area contributed by atoms with Crippen molar-refractivity contribution in [3.05, 3.63) is 23.8 Å². The lowest BCUT2D eigenvalue weighted by Gasteiger charge is -2.19. The number of carbonyl (C=O) groups excluding carboxylic acids is 1. The van der Waals surface area contributed by atoms with Crippen molar-refractivity contribution in [3.63, 3.8) is 0 Å². The SMILES string of the molecule is O=C(NCC1CCCC1)c1ccc2c(c1)OCCO2. The first-order chi connectivity index (χ1) is 9.33. The molecule has 19 heavy (non-hydrogen) atoms. The van der Waals surface area contributed by atoms with Gasteiger partial charge in [0.25, 0.3) is 5.91 Å². The van der Waals surface area contributed by atoms with E-state index < -0.39 is 0 Å². The molecule has 2 aliphatic rings. The summed E-state index contributed by atoms with van der Waals surface area (Å²) in [7, 11) is 0. The molecule has 102 valence electrons. The van der Waals surface area contributed by atoms with E-state index in [4.69, 9.17) is 9.47 Å². The Kier molecular flexibility index (Phi) is 3.58. The first kappa shape index (κ1) is 12.3. The summed E-state index contributed by atoms with van der Waals surface area (Å²) in [5, 5.41) is 3.01.